The summed E-state index contributed by atoms with van der Waals surface area (Å²) >= 11 is 8.00. The molecule has 13 heterocycles. The van der Waals surface area contributed by atoms with E-state index in [0.29, 0.717) is 85.5 Å². The normalized spacial score (nSPS) is 25.8. The lowest BCUT2D eigenvalue weighted by atomic mass is 9.81. The molecule has 0 bridgehead atoms. The van der Waals surface area contributed by atoms with E-state index >= 15 is 0 Å². The predicted molar refractivity (Wildman–Crippen MR) is 556 cm³/mol. The van der Waals surface area contributed by atoms with Gasteiger partial charge in [0, 0.05) is 89.6 Å². The average Bonchev–Trinajstić information content (AvgIpc) is 1.02. The molecule has 6 N–H and O–H groups in total. The Morgan fingerprint density at radius 3 is 1.23 bits per heavy atom. The highest BCUT2D eigenvalue weighted by atomic mass is 35.5. The van der Waals surface area contributed by atoms with Crippen molar-refractivity contribution in [3.63, 3.8) is 0 Å². The molecule has 12 aliphatic rings. The van der Waals surface area contributed by atoms with Gasteiger partial charge in [0.2, 0.25) is 0 Å². The number of benzene rings is 11. The van der Waals surface area contributed by atoms with Crippen molar-refractivity contribution in [2.75, 3.05) is 99.7 Å². The van der Waals surface area contributed by atoms with Crippen LogP contribution in [-0.4, -0.2) is 104 Å². The van der Waals surface area contributed by atoms with Crippen molar-refractivity contribution in [1.82, 2.24) is 0 Å². The van der Waals surface area contributed by atoms with Gasteiger partial charge in [-0.25, -0.2) is 22.0 Å². The van der Waals surface area contributed by atoms with Gasteiger partial charge >= 0.3 is 6.18 Å². The molecule has 21 unspecified atom stereocenters. The largest absolute Gasteiger partial charge is 0.496 e. The van der Waals surface area contributed by atoms with Crippen molar-refractivity contribution in [1.29, 1.82) is 0 Å². The highest BCUT2D eigenvalue weighted by Crippen LogP contribution is 2.56. The van der Waals surface area contributed by atoms with Crippen LogP contribution in [0.25, 0.3) is 0 Å². The highest BCUT2D eigenvalue weighted by Gasteiger charge is 2.51. The molecule has 20 nitrogen and oxygen atoms in total. The van der Waals surface area contributed by atoms with E-state index in [0.717, 1.165) is 105 Å². The molecule has 12 aliphatic heterocycles. The Kier molecular flexibility index (Phi) is 32.4. The lowest BCUT2D eigenvalue weighted by Gasteiger charge is -2.43. The van der Waals surface area contributed by atoms with Gasteiger partial charge in [0.1, 0.15) is 129 Å². The summed E-state index contributed by atoms with van der Waals surface area (Å²) < 4.78 is 191. The average molecular weight is 2070 g/mol. The SMILES string of the molecule is CC(C)c1ccc2c(c1)C1OCOC1C(c1cc(F)c(F)cc1F)N2.CCC(C)c1ccc2c(c1)C1OCOC1C(c1cccc(F)c1)N2.CCC(C)c1ccc2c(c1)C1OCOC1C(c1ccccc1F)N2.CCC(C)c1ccc2c(c1)C1OCOC1C(c1ccsc1)N2.COc1cccc2c1NC(c1cc(C(F)(F)F)ccc1Cl)C1OCCOC21.COc1ccccc1C1Nc2ccc(C(C)(C)C)cc2C2OCCOC12. The summed E-state index contributed by atoms with van der Waals surface area (Å²) in [7, 11) is 3.24. The number of hydrogen-bond donors (Lipinski definition) is 6. The molecule has 6 saturated heterocycles. The standard InChI is InChI=1S/C22H27NO3.2C20H22FNO2.C19H17ClF3NO3.C19H18F3NO2.C18H21NO2S/c1-22(2,3)14-9-10-17-16(13-14)20-21(26-12-11-25-20)19(23-17)15-7-5-6-8-18(15)24-4;1-3-12(2)13-7-8-17-16(10-13)19-20(24-11-23-19)18(22-17)14-5-4-6-15(21)9-14;1-3-12(2)13-8-9-17-15(10-13)19-20(24-11-23-19)18(22-17)14-6-4-5-7-16(14)21;1-25-14-4-2-3-11-15(14)24-16(18-17(11)26-7-8-27-18)12-9-10(19(21,22)23)5-6-13(12)20;1-9(2)10-3-4-16-12(5-10)18-19(25-8-24-18)17(23-16)11-6-14(21)15(22)7-13(11)20;1-3-11(2)12-4-5-15-14(8-12)17-18(21-10-20-17)16(19-15)13-6-7-22-9-13/h5-10,13,19-21,23H,11-12H2,1-4H3;2*4-10,12,18-20,22H,3,11H2,1-2H3;2-6,9,16-18,24H,7-8H2,1H3;3-7,9,17-19,23H,8H2,1-2H3;4-9,11,16-19H,3,10H2,1-2H3. The van der Waals surface area contributed by atoms with E-state index in [1.807, 2.05) is 60.7 Å². The lowest BCUT2D eigenvalue weighted by molar-refractivity contribution is -0.151. The van der Waals surface area contributed by atoms with Gasteiger partial charge in [0.05, 0.1) is 88.1 Å². The molecule has 21 atom stereocenters. The zero-order valence-corrected chi connectivity index (χ0v) is 86.5. The second-order valence-electron chi connectivity index (χ2n) is 40.7. The summed E-state index contributed by atoms with van der Waals surface area (Å²) in [5.74, 6) is -0.181. The van der Waals surface area contributed by atoms with E-state index in [4.69, 9.17) is 77.9 Å². The maximum Gasteiger partial charge on any atom is 0.416 e. The number of fused-ring (bicyclic) bond motifs is 18. The first kappa shape index (κ1) is 105. The first-order valence-corrected chi connectivity index (χ1v) is 52.3. The van der Waals surface area contributed by atoms with Gasteiger partial charge in [-0.05, 0) is 195 Å². The molecule has 30 heteroatoms. The second-order valence-corrected chi connectivity index (χ2v) is 41.9. The zero-order valence-electron chi connectivity index (χ0n) is 84.9. The van der Waals surface area contributed by atoms with E-state index in [1.54, 1.807) is 42.7 Å². The van der Waals surface area contributed by atoms with Crippen molar-refractivity contribution in [3.8, 4) is 11.5 Å². The summed E-state index contributed by atoms with van der Waals surface area (Å²) in [5.41, 5.74) is 22.3. The number of para-hydroxylation sites is 2. The van der Waals surface area contributed by atoms with Gasteiger partial charge in [0.15, 0.2) is 11.6 Å². The molecule has 6 fully saturated rings. The molecule has 0 saturated carbocycles. The van der Waals surface area contributed by atoms with Gasteiger partial charge in [-0.3, -0.25) is 0 Å². The Morgan fingerprint density at radius 2 is 0.736 bits per heavy atom. The predicted octanol–water partition coefficient (Wildman–Crippen LogP) is 29.1. The van der Waals surface area contributed by atoms with Crippen LogP contribution in [0.2, 0.25) is 5.02 Å². The van der Waals surface area contributed by atoms with Gasteiger partial charge < -0.3 is 98.2 Å². The number of thiophene rings is 1. The minimum atomic E-state index is -4.47. The molecule has 12 aromatic rings. The summed E-state index contributed by atoms with van der Waals surface area (Å²) in [5, 5.41) is 25.3. The number of anilines is 6. The molecular formula is C118H127ClF8N6O14S. The quantitative estimate of drug-likeness (QED) is 0.0418. The van der Waals surface area contributed by atoms with Crippen LogP contribution in [0.1, 0.15) is 292 Å². The van der Waals surface area contributed by atoms with Gasteiger partial charge in [-0.2, -0.15) is 24.5 Å². The fourth-order valence-electron chi connectivity index (χ4n) is 21.7. The van der Waals surface area contributed by atoms with E-state index in [1.165, 1.54) is 69.9 Å². The molecule has 0 radical (unpaired) electrons. The summed E-state index contributed by atoms with van der Waals surface area (Å²) in [4.78, 5) is 0. The van der Waals surface area contributed by atoms with E-state index in [9.17, 15) is 35.1 Å². The maximum atomic E-state index is 14.3. The number of methoxy groups -OCH3 is 2. The van der Waals surface area contributed by atoms with Crippen LogP contribution < -0.4 is 41.4 Å². The Labute approximate surface area is 868 Å². The first-order chi connectivity index (χ1) is 71.5. The second kappa shape index (κ2) is 45.5. The van der Waals surface area contributed by atoms with Crippen molar-refractivity contribution in [2.45, 2.75) is 240 Å². The fourth-order valence-corrected chi connectivity index (χ4v) is 22.6. The minimum absolute atomic E-state index is 0.00978. The number of halogens is 9. The van der Waals surface area contributed by atoms with E-state index in [-0.39, 0.29) is 127 Å². The van der Waals surface area contributed by atoms with Crippen molar-refractivity contribution in [2.24, 2.45) is 0 Å². The Morgan fingerprint density at radius 1 is 0.338 bits per heavy atom. The number of ether oxygens (including phenoxy) is 14. The molecule has 24 rings (SSSR count). The third-order valence-electron chi connectivity index (χ3n) is 30.4. The zero-order chi connectivity index (χ0) is 104. The minimum Gasteiger partial charge on any atom is -0.496 e. The van der Waals surface area contributed by atoms with Gasteiger partial charge in [0.25, 0.3) is 0 Å². The number of alkyl halides is 3. The summed E-state index contributed by atoms with van der Waals surface area (Å²) in [6.45, 7) is 27.2. The van der Waals surface area contributed by atoms with Crippen molar-refractivity contribution in [3.05, 3.63) is 363 Å². The molecule has 0 spiro atoms. The van der Waals surface area contributed by atoms with Gasteiger partial charge in [-0.1, -0.05) is 209 Å². The third kappa shape index (κ3) is 21.9. The molecule has 11 aromatic carbocycles. The van der Waals surface area contributed by atoms with Crippen LogP contribution in [0.4, 0.5) is 69.2 Å². The molecule has 148 heavy (non-hydrogen) atoms. The molecule has 0 amide bonds. The fraction of sp³-hybridized carbons (Fsp3) is 0.407. The topological polar surface area (TPSA) is 201 Å². The van der Waals surface area contributed by atoms with Gasteiger partial charge in [-0.15, -0.1) is 0 Å². The number of hydrogen-bond acceptors (Lipinski definition) is 21. The van der Waals surface area contributed by atoms with Crippen LogP contribution in [-0.2, 0) is 68.4 Å². The Bertz CT molecular complexity index is 6660. The van der Waals surface area contributed by atoms with Crippen LogP contribution >= 0.6 is 22.9 Å². The molecule has 782 valence electrons. The first-order valence-electron chi connectivity index (χ1n) is 51.0. The molecular weight excluding hydrogens is 1940 g/mol. The Hall–Kier alpha value is -11.2. The summed E-state index contributed by atoms with van der Waals surface area (Å²) in [6, 6.07) is 64.9. The van der Waals surface area contributed by atoms with Crippen LogP contribution in [0.5, 0.6) is 11.5 Å². The maximum absolute atomic E-state index is 14.3. The molecule has 0 aliphatic carbocycles. The van der Waals surface area contributed by atoms with Crippen LogP contribution in [0.15, 0.2) is 229 Å². The Balaban J connectivity index is 0.000000112. The number of nitrogens with one attached hydrogen (secondary N) is 6. The highest BCUT2D eigenvalue weighted by molar-refractivity contribution is 7.08. The smallest absolute Gasteiger partial charge is 0.416 e. The third-order valence-corrected chi connectivity index (χ3v) is 31.5. The monoisotopic (exact) mass is 2070 g/mol. The van der Waals surface area contributed by atoms with Crippen LogP contribution in [0.3, 0.4) is 0 Å². The lowest BCUT2D eigenvalue weighted by Crippen LogP contribution is -2.43. The van der Waals surface area contributed by atoms with Crippen molar-refractivity contribution < 1.29 is 101 Å². The van der Waals surface area contributed by atoms with E-state index in [2.05, 4.69) is 210 Å². The summed E-state index contributed by atoms with van der Waals surface area (Å²) in [6.07, 6.45) is -3.68. The van der Waals surface area contributed by atoms with E-state index < -0.39 is 59.6 Å². The molecule has 1 aromatic heterocycles. The van der Waals surface area contributed by atoms with Crippen LogP contribution in [0, 0.1) is 29.1 Å². The van der Waals surface area contributed by atoms with Crippen molar-refractivity contribution >= 4 is 57.1 Å². The number of rotatable bonds is 15.